The van der Waals surface area contributed by atoms with E-state index in [0.29, 0.717) is 17.1 Å². The van der Waals surface area contributed by atoms with Gasteiger partial charge in [0.15, 0.2) is 0 Å². The van der Waals surface area contributed by atoms with Gasteiger partial charge in [-0.3, -0.25) is 0 Å². The summed E-state index contributed by atoms with van der Waals surface area (Å²) in [4.78, 5) is 12.0. The van der Waals surface area contributed by atoms with E-state index in [1.54, 1.807) is 14.2 Å². The molecule has 0 unspecified atom stereocenters. The van der Waals surface area contributed by atoms with Crippen molar-refractivity contribution in [2.24, 2.45) is 0 Å². The summed E-state index contributed by atoms with van der Waals surface area (Å²) in [5, 5.41) is 0.770. The second-order valence-electron chi connectivity index (χ2n) is 4.96. The minimum absolute atomic E-state index is 0.398. The standard InChI is InChI=1S/C18H16O4/c1-11-14(20-2)10-15(21-3)17-13(9-16(19)22-18(11)17)12-7-5-4-6-8-12/h4-10H,1-3H3. The summed E-state index contributed by atoms with van der Waals surface area (Å²) < 4.78 is 16.2. The number of benzene rings is 2. The molecule has 0 aliphatic carbocycles. The van der Waals surface area contributed by atoms with Crippen molar-refractivity contribution in [2.75, 3.05) is 14.2 Å². The van der Waals surface area contributed by atoms with Gasteiger partial charge in [0.1, 0.15) is 17.1 Å². The zero-order valence-electron chi connectivity index (χ0n) is 12.7. The van der Waals surface area contributed by atoms with Crippen molar-refractivity contribution in [3.63, 3.8) is 0 Å². The van der Waals surface area contributed by atoms with Crippen molar-refractivity contribution in [1.29, 1.82) is 0 Å². The molecule has 3 aromatic rings. The molecule has 3 rings (SSSR count). The minimum Gasteiger partial charge on any atom is -0.496 e. The number of aryl methyl sites for hydroxylation is 1. The van der Waals surface area contributed by atoms with E-state index in [-0.39, 0.29) is 0 Å². The van der Waals surface area contributed by atoms with Gasteiger partial charge in [0.05, 0.1) is 19.6 Å². The highest BCUT2D eigenvalue weighted by Gasteiger charge is 2.17. The van der Waals surface area contributed by atoms with Crippen LogP contribution in [0.15, 0.2) is 51.7 Å². The number of rotatable bonds is 3. The molecule has 0 atom stereocenters. The second kappa shape index (κ2) is 5.56. The zero-order valence-corrected chi connectivity index (χ0v) is 12.7. The lowest BCUT2D eigenvalue weighted by molar-refractivity contribution is 0.393. The van der Waals surface area contributed by atoms with Crippen LogP contribution in [0.1, 0.15) is 5.56 Å². The second-order valence-corrected chi connectivity index (χ2v) is 4.96. The Bertz CT molecular complexity index is 879. The fraction of sp³-hybridized carbons (Fsp3) is 0.167. The van der Waals surface area contributed by atoms with Gasteiger partial charge in [0.25, 0.3) is 0 Å². The SMILES string of the molecule is COc1cc(OC)c2c(-c3ccccc3)cc(=O)oc2c1C. The molecule has 0 amide bonds. The van der Waals surface area contributed by atoms with Crippen LogP contribution < -0.4 is 15.1 Å². The smallest absolute Gasteiger partial charge is 0.336 e. The average Bonchev–Trinajstić information content (AvgIpc) is 2.56. The highest BCUT2D eigenvalue weighted by atomic mass is 16.5. The Balaban J connectivity index is 2.48. The van der Waals surface area contributed by atoms with Gasteiger partial charge in [0, 0.05) is 23.3 Å². The molecule has 4 heteroatoms. The molecule has 22 heavy (non-hydrogen) atoms. The first-order valence-corrected chi connectivity index (χ1v) is 6.90. The third-order valence-corrected chi connectivity index (χ3v) is 3.70. The van der Waals surface area contributed by atoms with E-state index in [2.05, 4.69) is 0 Å². The Kier molecular flexibility index (Phi) is 3.59. The first kappa shape index (κ1) is 14.2. The van der Waals surface area contributed by atoms with Crippen LogP contribution in [0.5, 0.6) is 11.5 Å². The molecule has 2 aromatic carbocycles. The lowest BCUT2D eigenvalue weighted by atomic mass is 9.99. The molecule has 0 saturated heterocycles. The summed E-state index contributed by atoms with van der Waals surface area (Å²) in [5.41, 5.74) is 2.58. The van der Waals surface area contributed by atoms with Crippen molar-refractivity contribution in [3.05, 3.63) is 58.4 Å². The minimum atomic E-state index is -0.398. The fourth-order valence-corrected chi connectivity index (χ4v) is 2.63. The summed E-state index contributed by atoms with van der Waals surface area (Å²) in [6.07, 6.45) is 0. The lowest BCUT2D eigenvalue weighted by Gasteiger charge is -2.14. The maximum absolute atomic E-state index is 12.0. The van der Waals surface area contributed by atoms with E-state index in [9.17, 15) is 4.79 Å². The van der Waals surface area contributed by atoms with Gasteiger partial charge in [-0.05, 0) is 12.5 Å². The predicted molar refractivity (Wildman–Crippen MR) is 85.8 cm³/mol. The van der Waals surface area contributed by atoms with Crippen molar-refractivity contribution in [1.82, 2.24) is 0 Å². The van der Waals surface area contributed by atoms with Crippen molar-refractivity contribution in [2.45, 2.75) is 6.92 Å². The molecule has 0 bridgehead atoms. The first-order valence-electron chi connectivity index (χ1n) is 6.90. The topological polar surface area (TPSA) is 48.7 Å². The van der Waals surface area contributed by atoms with Crippen molar-refractivity contribution >= 4 is 11.0 Å². The number of ether oxygens (including phenoxy) is 2. The van der Waals surface area contributed by atoms with E-state index >= 15 is 0 Å². The third-order valence-electron chi connectivity index (χ3n) is 3.70. The fourth-order valence-electron chi connectivity index (χ4n) is 2.63. The number of hydrogen-bond acceptors (Lipinski definition) is 4. The van der Waals surface area contributed by atoms with E-state index in [1.165, 1.54) is 6.07 Å². The van der Waals surface area contributed by atoms with Crippen LogP contribution >= 0.6 is 0 Å². The van der Waals surface area contributed by atoms with Crippen molar-refractivity contribution in [3.8, 4) is 22.6 Å². The average molecular weight is 296 g/mol. The summed E-state index contributed by atoms with van der Waals surface area (Å²) in [6.45, 7) is 1.86. The quantitative estimate of drug-likeness (QED) is 0.690. The third kappa shape index (κ3) is 2.22. The first-order chi connectivity index (χ1) is 10.7. The molecule has 0 radical (unpaired) electrons. The summed E-state index contributed by atoms with van der Waals surface area (Å²) >= 11 is 0. The molecular weight excluding hydrogens is 280 g/mol. The zero-order chi connectivity index (χ0) is 15.7. The van der Waals surface area contributed by atoms with Gasteiger partial charge < -0.3 is 13.9 Å². The Morgan fingerprint density at radius 3 is 2.27 bits per heavy atom. The van der Waals surface area contributed by atoms with Gasteiger partial charge in [-0.1, -0.05) is 30.3 Å². The molecule has 1 heterocycles. The van der Waals surface area contributed by atoms with E-state index in [4.69, 9.17) is 13.9 Å². The predicted octanol–water partition coefficient (Wildman–Crippen LogP) is 3.79. The van der Waals surface area contributed by atoms with Gasteiger partial charge in [0.2, 0.25) is 0 Å². The van der Waals surface area contributed by atoms with Gasteiger partial charge >= 0.3 is 5.63 Å². The van der Waals surface area contributed by atoms with E-state index < -0.39 is 5.63 Å². The van der Waals surface area contributed by atoms with Gasteiger partial charge in [-0.2, -0.15) is 0 Å². The molecular formula is C18H16O4. The van der Waals surface area contributed by atoms with Gasteiger partial charge in [-0.15, -0.1) is 0 Å². The molecule has 0 spiro atoms. The monoisotopic (exact) mass is 296 g/mol. The molecule has 0 aliphatic heterocycles. The summed E-state index contributed by atoms with van der Waals surface area (Å²) in [6, 6.07) is 13.0. The van der Waals surface area contributed by atoms with Gasteiger partial charge in [-0.25, -0.2) is 4.79 Å². The van der Waals surface area contributed by atoms with Crippen LogP contribution in [0, 0.1) is 6.92 Å². The summed E-state index contributed by atoms with van der Waals surface area (Å²) in [7, 11) is 3.16. The Hall–Kier alpha value is -2.75. The Morgan fingerprint density at radius 2 is 1.64 bits per heavy atom. The van der Waals surface area contributed by atoms with Crippen LogP contribution in [0.25, 0.3) is 22.1 Å². The Morgan fingerprint density at radius 1 is 0.955 bits per heavy atom. The van der Waals surface area contributed by atoms with Crippen LogP contribution in [0.2, 0.25) is 0 Å². The number of hydrogen-bond donors (Lipinski definition) is 0. The molecule has 0 N–H and O–H groups in total. The molecule has 0 aliphatic rings. The molecule has 0 fully saturated rings. The lowest BCUT2D eigenvalue weighted by Crippen LogP contribution is -2.02. The van der Waals surface area contributed by atoms with Crippen LogP contribution in [-0.4, -0.2) is 14.2 Å². The number of methoxy groups -OCH3 is 2. The van der Waals surface area contributed by atoms with Crippen LogP contribution in [0.4, 0.5) is 0 Å². The molecule has 112 valence electrons. The van der Waals surface area contributed by atoms with E-state index in [1.807, 2.05) is 43.3 Å². The Labute approximate surface area is 127 Å². The maximum Gasteiger partial charge on any atom is 0.336 e. The highest BCUT2D eigenvalue weighted by Crippen LogP contribution is 2.39. The largest absolute Gasteiger partial charge is 0.496 e. The maximum atomic E-state index is 12.0. The summed E-state index contributed by atoms with van der Waals surface area (Å²) in [5.74, 6) is 1.23. The van der Waals surface area contributed by atoms with Crippen LogP contribution in [-0.2, 0) is 0 Å². The van der Waals surface area contributed by atoms with E-state index in [0.717, 1.165) is 22.1 Å². The molecule has 0 saturated carbocycles. The normalized spacial score (nSPS) is 10.7. The van der Waals surface area contributed by atoms with Crippen molar-refractivity contribution < 1.29 is 13.9 Å². The molecule has 4 nitrogen and oxygen atoms in total. The van der Waals surface area contributed by atoms with Crippen LogP contribution in [0.3, 0.4) is 0 Å². The molecule has 1 aromatic heterocycles. The highest BCUT2D eigenvalue weighted by molar-refractivity contribution is 6.00. The number of fused-ring (bicyclic) bond motifs is 1.